The molecule has 31 heavy (non-hydrogen) atoms. The Morgan fingerprint density at radius 2 is 1.74 bits per heavy atom. The molecule has 0 radical (unpaired) electrons. The molecule has 0 spiro atoms. The lowest BCUT2D eigenvalue weighted by atomic mass is 10.1. The number of esters is 3. The van der Waals surface area contributed by atoms with Crippen molar-refractivity contribution in [2.45, 2.75) is 51.9 Å². The molecule has 0 aliphatic carbocycles. The van der Waals surface area contributed by atoms with E-state index in [1.807, 2.05) is 12.1 Å². The van der Waals surface area contributed by atoms with Crippen molar-refractivity contribution < 1.29 is 33.4 Å². The summed E-state index contributed by atoms with van der Waals surface area (Å²) in [6, 6.07) is 5.43. The standard InChI is InChI=1S/C23H25NO7/c1-15(13-18-7-4-5-12-24-18)20-8-6-9-21(26)30-17(3)19(25)10-11-22(27)29-16(2)14-23(28)31-20/h4-7,9-13,16-17,20H,8,14H2,1-3H3/b9-6+,11-10+,15-13+/t16-,17-,20+/m0/s1. The normalized spacial score (nSPS) is 26.4. The van der Waals surface area contributed by atoms with Crippen molar-refractivity contribution in [2.75, 3.05) is 0 Å². The molecule has 0 saturated heterocycles. The first-order chi connectivity index (χ1) is 14.7. The van der Waals surface area contributed by atoms with Gasteiger partial charge in [0.05, 0.1) is 12.1 Å². The SMILES string of the molecule is C/C(=C\c1ccccn1)[C@H]1C/C=C/C(=O)O[C@@H](C)C(=O)/C=C/C(=O)O[C@@H](C)CC(=O)O1. The zero-order chi connectivity index (χ0) is 22.8. The molecule has 1 aromatic rings. The number of aromatic nitrogens is 1. The van der Waals surface area contributed by atoms with E-state index in [-0.39, 0.29) is 12.8 Å². The molecule has 0 amide bonds. The molecule has 1 aliphatic heterocycles. The average molecular weight is 427 g/mol. The highest BCUT2D eigenvalue weighted by atomic mass is 16.6. The number of rotatable bonds is 2. The fraction of sp³-hybridized carbons (Fsp3) is 0.348. The lowest BCUT2D eigenvalue weighted by Crippen LogP contribution is -2.25. The van der Waals surface area contributed by atoms with Crippen LogP contribution in [0.2, 0.25) is 0 Å². The Labute approximate surface area is 180 Å². The van der Waals surface area contributed by atoms with Crippen LogP contribution in [0, 0.1) is 0 Å². The highest BCUT2D eigenvalue weighted by Crippen LogP contribution is 2.17. The smallest absolute Gasteiger partial charge is 0.331 e. The third-order valence-electron chi connectivity index (χ3n) is 4.30. The molecule has 2 rings (SSSR count). The summed E-state index contributed by atoms with van der Waals surface area (Å²) in [5.41, 5.74) is 1.40. The number of ketones is 1. The van der Waals surface area contributed by atoms with Gasteiger partial charge in [0.1, 0.15) is 12.2 Å². The van der Waals surface area contributed by atoms with Gasteiger partial charge < -0.3 is 14.2 Å². The number of cyclic esters (lactones) is 3. The van der Waals surface area contributed by atoms with Gasteiger partial charge in [-0.15, -0.1) is 0 Å². The summed E-state index contributed by atoms with van der Waals surface area (Å²) < 4.78 is 15.7. The van der Waals surface area contributed by atoms with Crippen molar-refractivity contribution in [3.63, 3.8) is 0 Å². The zero-order valence-corrected chi connectivity index (χ0v) is 17.6. The number of nitrogens with zero attached hydrogens (tertiary/aromatic N) is 1. The Morgan fingerprint density at radius 1 is 1.00 bits per heavy atom. The van der Waals surface area contributed by atoms with E-state index >= 15 is 0 Å². The topological polar surface area (TPSA) is 109 Å². The van der Waals surface area contributed by atoms with Crippen molar-refractivity contribution in [3.05, 3.63) is 60.0 Å². The van der Waals surface area contributed by atoms with Gasteiger partial charge in [0.15, 0.2) is 11.9 Å². The summed E-state index contributed by atoms with van der Waals surface area (Å²) in [6.07, 6.45) is 5.56. The Hall–Kier alpha value is -3.55. The number of pyridine rings is 1. The first-order valence-corrected chi connectivity index (χ1v) is 9.83. The summed E-state index contributed by atoms with van der Waals surface area (Å²) in [5, 5.41) is 0. The van der Waals surface area contributed by atoms with E-state index in [0.717, 1.165) is 12.2 Å². The van der Waals surface area contributed by atoms with Crippen LogP contribution in [-0.4, -0.2) is 47.0 Å². The molecule has 2 heterocycles. The molecule has 8 nitrogen and oxygen atoms in total. The fourth-order valence-electron chi connectivity index (χ4n) is 2.68. The second-order valence-corrected chi connectivity index (χ2v) is 7.03. The molecule has 0 saturated carbocycles. The van der Waals surface area contributed by atoms with Crippen LogP contribution in [0.3, 0.4) is 0 Å². The Morgan fingerprint density at radius 3 is 2.45 bits per heavy atom. The molecule has 0 aromatic carbocycles. The van der Waals surface area contributed by atoms with Crippen LogP contribution in [0.5, 0.6) is 0 Å². The average Bonchev–Trinajstić information content (AvgIpc) is 2.71. The van der Waals surface area contributed by atoms with Gasteiger partial charge in [-0.25, -0.2) is 9.59 Å². The minimum absolute atomic E-state index is 0.164. The highest BCUT2D eigenvalue weighted by molar-refractivity contribution is 5.99. The van der Waals surface area contributed by atoms with Crippen molar-refractivity contribution in [3.8, 4) is 0 Å². The van der Waals surface area contributed by atoms with E-state index in [1.54, 1.807) is 32.2 Å². The number of hydrogen-bond acceptors (Lipinski definition) is 8. The summed E-state index contributed by atoms with van der Waals surface area (Å²) >= 11 is 0. The Balaban J connectivity index is 2.24. The quantitative estimate of drug-likeness (QED) is 0.524. The van der Waals surface area contributed by atoms with E-state index in [4.69, 9.17) is 14.2 Å². The number of hydrogen-bond donors (Lipinski definition) is 0. The third-order valence-corrected chi connectivity index (χ3v) is 4.30. The Kier molecular flexibility index (Phi) is 8.87. The van der Waals surface area contributed by atoms with E-state index in [0.29, 0.717) is 11.3 Å². The maximum absolute atomic E-state index is 12.4. The van der Waals surface area contributed by atoms with E-state index in [1.165, 1.54) is 19.1 Å². The van der Waals surface area contributed by atoms with Crippen molar-refractivity contribution >= 4 is 29.8 Å². The number of ether oxygens (including phenoxy) is 3. The zero-order valence-electron chi connectivity index (χ0n) is 17.6. The fourth-order valence-corrected chi connectivity index (χ4v) is 2.68. The van der Waals surface area contributed by atoms with Gasteiger partial charge in [0.2, 0.25) is 0 Å². The molecule has 1 aliphatic rings. The summed E-state index contributed by atoms with van der Waals surface area (Å²) in [5.74, 6) is -2.66. The van der Waals surface area contributed by atoms with E-state index in [9.17, 15) is 19.2 Å². The van der Waals surface area contributed by atoms with E-state index < -0.39 is 42.0 Å². The van der Waals surface area contributed by atoms with Crippen LogP contribution >= 0.6 is 0 Å². The predicted octanol–water partition coefficient (Wildman–Crippen LogP) is 2.74. The van der Waals surface area contributed by atoms with Crippen molar-refractivity contribution in [1.82, 2.24) is 4.98 Å². The molecule has 8 heteroatoms. The van der Waals surface area contributed by atoms with Crippen LogP contribution in [-0.2, 0) is 33.4 Å². The van der Waals surface area contributed by atoms with Gasteiger partial charge >= 0.3 is 17.9 Å². The third kappa shape index (κ3) is 8.38. The van der Waals surface area contributed by atoms with Gasteiger partial charge in [0.25, 0.3) is 0 Å². The minimum Gasteiger partial charge on any atom is -0.459 e. The molecule has 0 bridgehead atoms. The molecule has 0 unspecified atom stereocenters. The van der Waals surface area contributed by atoms with Crippen molar-refractivity contribution in [1.29, 1.82) is 0 Å². The van der Waals surface area contributed by atoms with E-state index in [2.05, 4.69) is 4.98 Å². The number of carbonyl (C=O) groups excluding carboxylic acids is 4. The maximum atomic E-state index is 12.4. The van der Waals surface area contributed by atoms with Crippen LogP contribution in [0.15, 0.2) is 54.3 Å². The van der Waals surface area contributed by atoms with Gasteiger partial charge in [-0.3, -0.25) is 14.6 Å². The van der Waals surface area contributed by atoms with Crippen molar-refractivity contribution in [2.24, 2.45) is 0 Å². The van der Waals surface area contributed by atoms with Gasteiger partial charge in [-0.2, -0.15) is 0 Å². The molecular formula is C23H25NO7. The first kappa shape index (κ1) is 23.7. The second kappa shape index (κ2) is 11.6. The van der Waals surface area contributed by atoms with Crippen LogP contribution in [0.4, 0.5) is 0 Å². The number of carbonyl (C=O) groups is 4. The monoisotopic (exact) mass is 427 g/mol. The van der Waals surface area contributed by atoms with Crippen LogP contribution in [0.1, 0.15) is 39.3 Å². The van der Waals surface area contributed by atoms with Crippen LogP contribution < -0.4 is 0 Å². The molecule has 3 atom stereocenters. The molecule has 1 aromatic heterocycles. The second-order valence-electron chi connectivity index (χ2n) is 7.03. The predicted molar refractivity (Wildman–Crippen MR) is 111 cm³/mol. The minimum atomic E-state index is -1.06. The Bertz CT molecular complexity index is 902. The largest absolute Gasteiger partial charge is 0.459 e. The summed E-state index contributed by atoms with van der Waals surface area (Å²) in [7, 11) is 0. The molecule has 0 fully saturated rings. The molecular weight excluding hydrogens is 402 g/mol. The maximum Gasteiger partial charge on any atom is 0.331 e. The highest BCUT2D eigenvalue weighted by Gasteiger charge is 2.21. The van der Waals surface area contributed by atoms with Gasteiger partial charge in [-0.1, -0.05) is 12.1 Å². The summed E-state index contributed by atoms with van der Waals surface area (Å²) in [4.78, 5) is 52.4. The van der Waals surface area contributed by atoms with Crippen LogP contribution in [0.25, 0.3) is 6.08 Å². The molecule has 164 valence electrons. The molecule has 0 N–H and O–H groups in total. The van der Waals surface area contributed by atoms with Gasteiger partial charge in [0, 0.05) is 24.8 Å². The van der Waals surface area contributed by atoms with Gasteiger partial charge in [-0.05, 0) is 50.6 Å². The lowest BCUT2D eigenvalue weighted by Gasteiger charge is -2.19. The first-order valence-electron chi connectivity index (χ1n) is 9.83. The lowest BCUT2D eigenvalue weighted by molar-refractivity contribution is -0.153. The summed E-state index contributed by atoms with van der Waals surface area (Å²) in [6.45, 7) is 4.74.